The maximum Gasteiger partial charge on any atom is 0.260 e. The van der Waals surface area contributed by atoms with Gasteiger partial charge in [-0.15, -0.1) is 0 Å². The van der Waals surface area contributed by atoms with Gasteiger partial charge in [0, 0.05) is 12.1 Å². The smallest absolute Gasteiger partial charge is 0.260 e. The van der Waals surface area contributed by atoms with E-state index in [-0.39, 0.29) is 11.9 Å². The summed E-state index contributed by atoms with van der Waals surface area (Å²) in [6.45, 7) is 4.25. The molecule has 1 aromatic heterocycles. The molecule has 5 nitrogen and oxygen atoms in total. The first-order chi connectivity index (χ1) is 16.5. The van der Waals surface area contributed by atoms with Gasteiger partial charge in [0.25, 0.3) is 5.91 Å². The molecule has 1 amide bonds. The number of hydrogen-bond donors (Lipinski definition) is 0. The third-order valence-electron chi connectivity index (χ3n) is 5.96. The van der Waals surface area contributed by atoms with Gasteiger partial charge in [-0.05, 0) is 49.6 Å². The second-order valence-electron chi connectivity index (χ2n) is 8.01. The Kier molecular flexibility index (Phi) is 7.33. The molecule has 4 aromatic rings. The van der Waals surface area contributed by atoms with Crippen LogP contribution in [0.3, 0.4) is 0 Å². The highest BCUT2D eigenvalue weighted by Crippen LogP contribution is 2.34. The molecule has 0 unspecified atom stereocenters. The molecule has 0 saturated heterocycles. The summed E-state index contributed by atoms with van der Waals surface area (Å²) in [4.78, 5) is 15.9. The van der Waals surface area contributed by atoms with Crippen LogP contribution >= 0.6 is 11.6 Å². The lowest BCUT2D eigenvalue weighted by molar-refractivity contribution is 0.0685. The van der Waals surface area contributed by atoms with Crippen molar-refractivity contribution in [1.29, 1.82) is 0 Å². The quantitative estimate of drug-likeness (QED) is 0.283. The van der Waals surface area contributed by atoms with Crippen molar-refractivity contribution in [2.45, 2.75) is 26.3 Å². The first-order valence-corrected chi connectivity index (χ1v) is 11.6. The first-order valence-electron chi connectivity index (χ1n) is 11.2. The Labute approximate surface area is 204 Å². The molecule has 3 aromatic carbocycles. The Morgan fingerprint density at radius 1 is 1.03 bits per heavy atom. The van der Waals surface area contributed by atoms with Crippen LogP contribution in [0.25, 0.3) is 11.3 Å². The van der Waals surface area contributed by atoms with Crippen LogP contribution in [-0.2, 0) is 6.42 Å². The van der Waals surface area contributed by atoms with Gasteiger partial charge in [0.05, 0.1) is 18.2 Å². The van der Waals surface area contributed by atoms with Crippen molar-refractivity contribution < 1.29 is 14.1 Å². The largest absolute Gasteiger partial charge is 0.497 e. The van der Waals surface area contributed by atoms with E-state index < -0.39 is 0 Å². The van der Waals surface area contributed by atoms with Crippen molar-refractivity contribution in [2.75, 3.05) is 13.7 Å². The number of aromatic nitrogens is 1. The highest BCUT2D eigenvalue weighted by atomic mass is 35.5. The number of likely N-dealkylation sites (N-methyl/N-ethyl adjacent to an activating group) is 1. The summed E-state index contributed by atoms with van der Waals surface area (Å²) in [6.07, 6.45) is 0.665. The lowest BCUT2D eigenvalue weighted by atomic mass is 9.95. The number of hydrogen-bond acceptors (Lipinski definition) is 4. The van der Waals surface area contributed by atoms with Crippen molar-refractivity contribution in [1.82, 2.24) is 10.1 Å². The van der Waals surface area contributed by atoms with Crippen molar-refractivity contribution in [3.8, 4) is 17.0 Å². The first kappa shape index (κ1) is 23.6. The number of ether oxygens (including phenoxy) is 1. The summed E-state index contributed by atoms with van der Waals surface area (Å²) in [5.41, 5.74) is 3.72. The minimum atomic E-state index is -0.195. The number of carbonyl (C=O) groups excluding carboxylic acids is 1. The van der Waals surface area contributed by atoms with E-state index in [1.54, 1.807) is 20.1 Å². The van der Waals surface area contributed by atoms with Crippen LogP contribution in [-0.4, -0.2) is 29.6 Å². The molecule has 34 heavy (non-hydrogen) atoms. The molecular formula is C28H27ClN2O3. The third-order valence-corrected chi connectivity index (χ3v) is 6.29. The predicted molar refractivity (Wildman–Crippen MR) is 134 cm³/mol. The van der Waals surface area contributed by atoms with Gasteiger partial charge in [0.15, 0.2) is 0 Å². The van der Waals surface area contributed by atoms with Crippen LogP contribution in [0.1, 0.15) is 40.2 Å². The molecule has 0 N–H and O–H groups in total. The zero-order valence-corrected chi connectivity index (χ0v) is 20.3. The standard InChI is InChI=1S/C28H27ClN2O3/c1-4-31(28(32)26-19(2)34-30-27(26)23-12-8-9-13-24(23)29)25(18-20-10-6-5-7-11-20)21-14-16-22(33-3)17-15-21/h5-17,25H,4,18H2,1-3H3/t25-/m0/s1. The molecule has 0 radical (unpaired) electrons. The Morgan fingerprint density at radius 3 is 2.35 bits per heavy atom. The number of benzene rings is 3. The van der Waals surface area contributed by atoms with E-state index in [1.165, 1.54) is 0 Å². The van der Waals surface area contributed by atoms with Crippen LogP contribution in [0.15, 0.2) is 83.4 Å². The summed E-state index contributed by atoms with van der Waals surface area (Å²) >= 11 is 6.43. The number of methoxy groups -OCH3 is 1. The van der Waals surface area contributed by atoms with Gasteiger partial charge in [0.1, 0.15) is 22.8 Å². The predicted octanol–water partition coefficient (Wildman–Crippen LogP) is 6.76. The molecule has 1 heterocycles. The van der Waals surface area contributed by atoms with Gasteiger partial charge in [-0.2, -0.15) is 0 Å². The molecule has 6 heteroatoms. The molecule has 0 saturated carbocycles. The number of nitrogens with zero attached hydrogens (tertiary/aromatic N) is 2. The second-order valence-corrected chi connectivity index (χ2v) is 8.42. The van der Waals surface area contributed by atoms with Crippen molar-refractivity contribution >= 4 is 17.5 Å². The Morgan fingerprint density at radius 2 is 1.71 bits per heavy atom. The molecule has 0 aliphatic heterocycles. The summed E-state index contributed by atoms with van der Waals surface area (Å²) in [6, 6.07) is 25.2. The summed E-state index contributed by atoms with van der Waals surface area (Å²) in [7, 11) is 1.64. The third kappa shape index (κ3) is 4.85. The highest BCUT2D eigenvalue weighted by Gasteiger charge is 2.31. The van der Waals surface area contributed by atoms with Crippen LogP contribution in [0.4, 0.5) is 0 Å². The Hall–Kier alpha value is -3.57. The van der Waals surface area contributed by atoms with E-state index in [1.807, 2.05) is 72.5 Å². The summed E-state index contributed by atoms with van der Waals surface area (Å²) in [5, 5.41) is 4.72. The fourth-order valence-corrected chi connectivity index (χ4v) is 4.41. The number of rotatable bonds is 8. The van der Waals surface area contributed by atoms with Crippen LogP contribution in [0.2, 0.25) is 5.02 Å². The molecule has 4 rings (SSSR count). The average molecular weight is 475 g/mol. The molecule has 174 valence electrons. The maximum absolute atomic E-state index is 14.0. The van der Waals surface area contributed by atoms with Gasteiger partial charge in [-0.1, -0.05) is 77.4 Å². The van der Waals surface area contributed by atoms with E-state index in [0.717, 1.165) is 16.9 Å². The van der Waals surface area contributed by atoms with E-state index in [9.17, 15) is 4.79 Å². The number of carbonyl (C=O) groups is 1. The average Bonchev–Trinajstić information content (AvgIpc) is 3.25. The van der Waals surface area contributed by atoms with Crippen molar-refractivity contribution in [3.05, 3.63) is 106 Å². The molecule has 0 fully saturated rings. The minimum Gasteiger partial charge on any atom is -0.497 e. The molecule has 0 aliphatic carbocycles. The Bertz CT molecular complexity index is 1250. The van der Waals surface area contributed by atoms with E-state index in [0.29, 0.717) is 40.6 Å². The molecule has 0 spiro atoms. The van der Waals surface area contributed by atoms with Gasteiger partial charge in [0.2, 0.25) is 0 Å². The van der Waals surface area contributed by atoms with Gasteiger partial charge in [-0.3, -0.25) is 4.79 Å². The fraction of sp³-hybridized carbons (Fsp3) is 0.214. The lowest BCUT2D eigenvalue weighted by Gasteiger charge is -2.32. The van der Waals surface area contributed by atoms with Crippen LogP contribution in [0, 0.1) is 6.92 Å². The summed E-state index contributed by atoms with van der Waals surface area (Å²) < 4.78 is 10.8. The normalized spacial score (nSPS) is 11.8. The number of halogens is 1. The van der Waals surface area contributed by atoms with Crippen LogP contribution < -0.4 is 4.74 Å². The van der Waals surface area contributed by atoms with Crippen molar-refractivity contribution in [3.63, 3.8) is 0 Å². The maximum atomic E-state index is 14.0. The summed E-state index contributed by atoms with van der Waals surface area (Å²) in [5.74, 6) is 1.09. The van der Waals surface area contributed by atoms with E-state index >= 15 is 0 Å². The van der Waals surface area contributed by atoms with Gasteiger partial charge in [-0.25, -0.2) is 0 Å². The second kappa shape index (κ2) is 10.6. The minimum absolute atomic E-state index is 0.145. The fourth-order valence-electron chi connectivity index (χ4n) is 4.18. The lowest BCUT2D eigenvalue weighted by Crippen LogP contribution is -2.36. The molecule has 0 bridgehead atoms. The zero-order valence-electron chi connectivity index (χ0n) is 19.5. The number of amides is 1. The number of aryl methyl sites for hydroxylation is 1. The monoisotopic (exact) mass is 474 g/mol. The molecular weight excluding hydrogens is 448 g/mol. The van der Waals surface area contributed by atoms with E-state index in [2.05, 4.69) is 17.3 Å². The Balaban J connectivity index is 1.77. The van der Waals surface area contributed by atoms with Crippen molar-refractivity contribution in [2.24, 2.45) is 0 Å². The van der Waals surface area contributed by atoms with Gasteiger partial charge < -0.3 is 14.2 Å². The highest BCUT2D eigenvalue weighted by molar-refractivity contribution is 6.33. The van der Waals surface area contributed by atoms with Crippen LogP contribution in [0.5, 0.6) is 5.75 Å². The SMILES string of the molecule is CCN(C(=O)c1c(-c2ccccc2Cl)noc1C)[C@@H](Cc1ccccc1)c1ccc(OC)cc1. The zero-order chi connectivity index (χ0) is 24.1. The van der Waals surface area contributed by atoms with E-state index in [4.69, 9.17) is 20.9 Å². The molecule has 1 atom stereocenters. The van der Waals surface area contributed by atoms with Gasteiger partial charge >= 0.3 is 0 Å². The topological polar surface area (TPSA) is 55.6 Å². The molecule has 0 aliphatic rings.